The predicted molar refractivity (Wildman–Crippen MR) is 80.5 cm³/mol. The molecule has 100 valence electrons. The minimum atomic E-state index is 0.723. The molecule has 3 heteroatoms. The van der Waals surface area contributed by atoms with Crippen molar-refractivity contribution < 1.29 is 0 Å². The highest BCUT2D eigenvalue weighted by molar-refractivity contribution is 5.91. The van der Waals surface area contributed by atoms with Gasteiger partial charge in [0.2, 0.25) is 0 Å². The van der Waals surface area contributed by atoms with E-state index in [1.807, 2.05) is 0 Å². The third-order valence-corrected chi connectivity index (χ3v) is 3.78. The number of anilines is 1. The number of nitrogens with zero attached hydrogens (tertiary/aromatic N) is 2. The molecule has 0 radical (unpaired) electrons. The van der Waals surface area contributed by atoms with Crippen LogP contribution < -0.4 is 10.2 Å². The molecule has 2 aromatic rings. The lowest BCUT2D eigenvalue weighted by Crippen LogP contribution is -2.19. The first kappa shape index (κ1) is 12.4. The number of benzene rings is 1. The van der Waals surface area contributed by atoms with Crippen molar-refractivity contribution in [3.63, 3.8) is 0 Å². The molecule has 1 aromatic heterocycles. The highest BCUT2D eigenvalue weighted by Gasteiger charge is 2.20. The van der Waals surface area contributed by atoms with Crippen molar-refractivity contribution in [2.24, 2.45) is 0 Å². The second-order valence-corrected chi connectivity index (χ2v) is 5.32. The van der Waals surface area contributed by atoms with Crippen molar-refractivity contribution in [3.8, 4) is 0 Å². The van der Waals surface area contributed by atoms with E-state index >= 15 is 0 Å². The predicted octanol–water partition coefficient (Wildman–Crippen LogP) is 2.94. The Balaban J connectivity index is 1.98. The van der Waals surface area contributed by atoms with E-state index in [0.29, 0.717) is 0 Å². The Morgan fingerprint density at radius 3 is 2.84 bits per heavy atom. The molecule has 1 fully saturated rings. The summed E-state index contributed by atoms with van der Waals surface area (Å²) in [5.74, 6) is 0. The molecule has 1 heterocycles. The van der Waals surface area contributed by atoms with Crippen molar-refractivity contribution in [2.45, 2.75) is 32.4 Å². The molecule has 1 aliphatic carbocycles. The average Bonchev–Trinajstić information content (AvgIpc) is 3.27. The van der Waals surface area contributed by atoms with Gasteiger partial charge in [-0.2, -0.15) is 0 Å². The van der Waals surface area contributed by atoms with Gasteiger partial charge in [0.05, 0.1) is 11.2 Å². The normalized spacial score (nSPS) is 14.8. The SMILES string of the molecule is CCN(C)c1cc(CNC2CC2)nc2ccccc12. The molecule has 1 N–H and O–H groups in total. The van der Waals surface area contributed by atoms with Gasteiger partial charge in [-0.25, -0.2) is 0 Å². The molecule has 0 spiro atoms. The fourth-order valence-corrected chi connectivity index (χ4v) is 2.32. The highest BCUT2D eigenvalue weighted by Crippen LogP contribution is 2.26. The number of hydrogen-bond donors (Lipinski definition) is 1. The number of para-hydroxylation sites is 1. The van der Waals surface area contributed by atoms with Gasteiger partial charge in [0.1, 0.15) is 0 Å². The maximum absolute atomic E-state index is 4.76. The molecular formula is C16H21N3. The molecule has 0 amide bonds. The lowest BCUT2D eigenvalue weighted by atomic mass is 10.1. The zero-order valence-electron chi connectivity index (χ0n) is 11.7. The third-order valence-electron chi connectivity index (χ3n) is 3.78. The van der Waals surface area contributed by atoms with E-state index < -0.39 is 0 Å². The second-order valence-electron chi connectivity index (χ2n) is 5.32. The second kappa shape index (κ2) is 5.17. The van der Waals surface area contributed by atoms with Crippen LogP contribution in [0, 0.1) is 0 Å². The Morgan fingerprint density at radius 1 is 1.32 bits per heavy atom. The molecule has 1 saturated carbocycles. The lowest BCUT2D eigenvalue weighted by molar-refractivity contribution is 0.676. The molecular weight excluding hydrogens is 234 g/mol. The first-order chi connectivity index (χ1) is 9.28. The molecule has 1 aromatic carbocycles. The Morgan fingerprint density at radius 2 is 2.11 bits per heavy atom. The molecule has 0 aliphatic heterocycles. The Kier molecular flexibility index (Phi) is 3.38. The maximum Gasteiger partial charge on any atom is 0.0726 e. The largest absolute Gasteiger partial charge is 0.374 e. The van der Waals surface area contributed by atoms with Crippen molar-refractivity contribution in [2.75, 3.05) is 18.5 Å². The lowest BCUT2D eigenvalue weighted by Gasteiger charge is -2.20. The smallest absolute Gasteiger partial charge is 0.0726 e. The molecule has 19 heavy (non-hydrogen) atoms. The van der Waals surface area contributed by atoms with Crippen molar-refractivity contribution in [1.29, 1.82) is 0 Å². The van der Waals surface area contributed by atoms with E-state index in [2.05, 4.69) is 54.5 Å². The fourth-order valence-electron chi connectivity index (χ4n) is 2.32. The van der Waals surface area contributed by atoms with Gasteiger partial charge in [-0.05, 0) is 31.9 Å². The summed E-state index contributed by atoms with van der Waals surface area (Å²) in [4.78, 5) is 7.05. The zero-order chi connectivity index (χ0) is 13.2. The van der Waals surface area contributed by atoms with E-state index in [1.165, 1.54) is 23.9 Å². The zero-order valence-corrected chi connectivity index (χ0v) is 11.7. The van der Waals surface area contributed by atoms with Crippen LogP contribution in [-0.2, 0) is 6.54 Å². The number of fused-ring (bicyclic) bond motifs is 1. The number of pyridine rings is 1. The van der Waals surface area contributed by atoms with Gasteiger partial charge in [-0.15, -0.1) is 0 Å². The molecule has 3 rings (SSSR count). The summed E-state index contributed by atoms with van der Waals surface area (Å²) in [5, 5.41) is 4.78. The highest BCUT2D eigenvalue weighted by atomic mass is 15.1. The topological polar surface area (TPSA) is 28.2 Å². The standard InChI is InChI=1S/C16H21N3/c1-3-19(2)16-10-13(11-17-12-8-9-12)18-15-7-5-4-6-14(15)16/h4-7,10,12,17H,3,8-9,11H2,1-2H3. The van der Waals surface area contributed by atoms with Gasteiger partial charge in [0.25, 0.3) is 0 Å². The minimum absolute atomic E-state index is 0.723. The van der Waals surface area contributed by atoms with Crippen LogP contribution >= 0.6 is 0 Å². The van der Waals surface area contributed by atoms with Gasteiger partial charge in [0.15, 0.2) is 0 Å². The molecule has 3 nitrogen and oxygen atoms in total. The first-order valence-corrected chi connectivity index (χ1v) is 7.11. The molecule has 0 saturated heterocycles. The van der Waals surface area contributed by atoms with Crippen LogP contribution in [0.3, 0.4) is 0 Å². The van der Waals surface area contributed by atoms with Crippen LogP contribution in [0.2, 0.25) is 0 Å². The summed E-state index contributed by atoms with van der Waals surface area (Å²) in [6.07, 6.45) is 2.63. The Bertz CT molecular complexity index is 575. The summed E-state index contributed by atoms with van der Waals surface area (Å²) in [6, 6.07) is 11.3. The average molecular weight is 255 g/mol. The summed E-state index contributed by atoms with van der Waals surface area (Å²) in [7, 11) is 2.14. The van der Waals surface area contributed by atoms with Crippen LogP contribution in [0.4, 0.5) is 5.69 Å². The summed E-state index contributed by atoms with van der Waals surface area (Å²) >= 11 is 0. The van der Waals surface area contributed by atoms with Crippen molar-refractivity contribution >= 4 is 16.6 Å². The number of hydrogen-bond acceptors (Lipinski definition) is 3. The van der Waals surface area contributed by atoms with Crippen LogP contribution in [-0.4, -0.2) is 24.6 Å². The Hall–Kier alpha value is -1.61. The van der Waals surface area contributed by atoms with E-state index in [9.17, 15) is 0 Å². The van der Waals surface area contributed by atoms with Gasteiger partial charge < -0.3 is 10.2 Å². The first-order valence-electron chi connectivity index (χ1n) is 7.11. The number of aromatic nitrogens is 1. The van der Waals surface area contributed by atoms with Crippen LogP contribution in [0.5, 0.6) is 0 Å². The van der Waals surface area contributed by atoms with Crippen LogP contribution in [0.25, 0.3) is 10.9 Å². The van der Waals surface area contributed by atoms with E-state index in [1.54, 1.807) is 0 Å². The van der Waals surface area contributed by atoms with E-state index in [0.717, 1.165) is 30.3 Å². The van der Waals surface area contributed by atoms with Gasteiger partial charge in [0, 0.05) is 37.3 Å². The summed E-state index contributed by atoms with van der Waals surface area (Å²) in [6.45, 7) is 4.06. The van der Waals surface area contributed by atoms with Gasteiger partial charge in [-0.3, -0.25) is 4.98 Å². The molecule has 0 bridgehead atoms. The maximum atomic E-state index is 4.76. The van der Waals surface area contributed by atoms with Crippen LogP contribution in [0.1, 0.15) is 25.5 Å². The fraction of sp³-hybridized carbons (Fsp3) is 0.438. The van der Waals surface area contributed by atoms with E-state index in [4.69, 9.17) is 4.98 Å². The monoisotopic (exact) mass is 255 g/mol. The Labute approximate surface area is 114 Å². The number of rotatable bonds is 5. The van der Waals surface area contributed by atoms with Crippen LogP contribution in [0.15, 0.2) is 30.3 Å². The minimum Gasteiger partial charge on any atom is -0.374 e. The van der Waals surface area contributed by atoms with Crippen molar-refractivity contribution in [1.82, 2.24) is 10.3 Å². The van der Waals surface area contributed by atoms with Gasteiger partial charge >= 0.3 is 0 Å². The molecule has 1 aliphatic rings. The molecule has 0 atom stereocenters. The van der Waals surface area contributed by atoms with E-state index in [-0.39, 0.29) is 0 Å². The van der Waals surface area contributed by atoms with Gasteiger partial charge in [-0.1, -0.05) is 18.2 Å². The summed E-state index contributed by atoms with van der Waals surface area (Å²) in [5.41, 5.74) is 3.51. The molecule has 0 unspecified atom stereocenters. The summed E-state index contributed by atoms with van der Waals surface area (Å²) < 4.78 is 0. The number of nitrogens with one attached hydrogen (secondary N) is 1. The third kappa shape index (κ3) is 2.71. The van der Waals surface area contributed by atoms with Crippen molar-refractivity contribution in [3.05, 3.63) is 36.0 Å². The quantitative estimate of drug-likeness (QED) is 0.890.